The van der Waals surface area contributed by atoms with Crippen molar-refractivity contribution in [2.75, 3.05) is 0 Å². The quantitative estimate of drug-likeness (QED) is 0.263. The molecule has 164 valence electrons. The molecule has 1 aromatic carbocycles. The molecule has 1 aromatic rings. The highest BCUT2D eigenvalue weighted by Crippen LogP contribution is 2.63. The van der Waals surface area contributed by atoms with Gasteiger partial charge in [0.25, 0.3) is 0 Å². The minimum absolute atomic E-state index is 0.162. The molecule has 3 heteroatoms. The number of allylic oxidation sites excluding steroid dienone is 2. The Labute approximate surface area is 196 Å². The van der Waals surface area contributed by atoms with E-state index in [-0.39, 0.29) is 22.8 Å². The summed E-state index contributed by atoms with van der Waals surface area (Å²) in [6.45, 7) is 9.31. The summed E-state index contributed by atoms with van der Waals surface area (Å²) in [6, 6.07) is 10.7. The summed E-state index contributed by atoms with van der Waals surface area (Å²) in [6.07, 6.45) is 11.8. The summed E-state index contributed by atoms with van der Waals surface area (Å²) < 4.78 is 0.400. The minimum Gasteiger partial charge on any atom is -0.353 e. The molecule has 0 bridgehead atoms. The molecule has 0 heterocycles. The molecule has 2 fully saturated rings. The molecule has 0 saturated heterocycles. The van der Waals surface area contributed by atoms with Crippen LogP contribution in [0, 0.1) is 22.7 Å². The number of fused-ring (bicyclic) bond motifs is 3. The van der Waals surface area contributed by atoms with Crippen LogP contribution < -0.4 is 5.32 Å². The second kappa shape index (κ2) is 8.26. The maximum atomic E-state index is 13.6. The van der Waals surface area contributed by atoms with Crippen LogP contribution in [-0.2, 0) is 11.2 Å². The Kier molecular flexibility index (Phi) is 6.15. The molecule has 0 aromatic heterocycles. The Hall–Kier alpha value is -0.840. The number of benzene rings is 1. The van der Waals surface area contributed by atoms with Gasteiger partial charge in [0.05, 0.1) is 5.41 Å². The van der Waals surface area contributed by atoms with Crippen molar-refractivity contribution in [2.45, 2.75) is 88.5 Å². The van der Waals surface area contributed by atoms with E-state index in [2.05, 4.69) is 85.9 Å². The molecule has 3 aliphatic rings. The summed E-state index contributed by atoms with van der Waals surface area (Å²) in [5, 5.41) is 3.41. The van der Waals surface area contributed by atoms with E-state index in [1.807, 2.05) is 6.07 Å². The first-order valence-corrected chi connectivity index (χ1v) is 13.0. The Morgan fingerprint density at radius 1 is 1.17 bits per heavy atom. The average molecular weight is 520 g/mol. The van der Waals surface area contributed by atoms with Crippen molar-refractivity contribution < 1.29 is 4.79 Å². The monoisotopic (exact) mass is 519 g/mol. The van der Waals surface area contributed by atoms with Gasteiger partial charge in [-0.2, -0.15) is 0 Å². The molecular weight excluding hydrogens is 481 g/mol. The van der Waals surface area contributed by atoms with Crippen LogP contribution in [0.4, 0.5) is 0 Å². The van der Waals surface area contributed by atoms with Crippen molar-refractivity contribution in [3.8, 4) is 0 Å². The standard InChI is InChI=1S/C27H38INO/c1-19(17-20-9-6-5-7-10-20)29-24(30)27(4)15-8-14-26(3)22-13-16-25(2,28)18-21(22)11-12-23(26)27/h5-7,9-10,13,19,21,23H,8,11-12,14-18H2,1-4H3,(H,29,30)/t19-,21?,23?,25+,26+,27-/m1/s1. The highest BCUT2D eigenvalue weighted by molar-refractivity contribution is 14.1. The fraction of sp³-hybridized carbons (Fsp3) is 0.667. The maximum absolute atomic E-state index is 13.6. The van der Waals surface area contributed by atoms with Gasteiger partial charge in [-0.15, -0.1) is 0 Å². The predicted molar refractivity (Wildman–Crippen MR) is 134 cm³/mol. The number of alkyl halides is 1. The lowest BCUT2D eigenvalue weighted by atomic mass is 9.46. The molecule has 0 radical (unpaired) electrons. The molecule has 30 heavy (non-hydrogen) atoms. The van der Waals surface area contributed by atoms with Crippen molar-refractivity contribution in [2.24, 2.45) is 22.7 Å². The third kappa shape index (κ3) is 4.12. The first-order valence-electron chi connectivity index (χ1n) is 11.9. The van der Waals surface area contributed by atoms with Gasteiger partial charge in [-0.05, 0) is 74.7 Å². The largest absolute Gasteiger partial charge is 0.353 e. The zero-order valence-electron chi connectivity index (χ0n) is 19.1. The first kappa shape index (κ1) is 22.4. The molecule has 2 unspecified atom stereocenters. The summed E-state index contributed by atoms with van der Waals surface area (Å²) >= 11 is 2.66. The highest BCUT2D eigenvalue weighted by atomic mass is 127. The van der Waals surface area contributed by atoms with Gasteiger partial charge in [-0.25, -0.2) is 0 Å². The van der Waals surface area contributed by atoms with Crippen molar-refractivity contribution in [3.63, 3.8) is 0 Å². The van der Waals surface area contributed by atoms with E-state index in [4.69, 9.17) is 0 Å². The van der Waals surface area contributed by atoms with Gasteiger partial charge in [-0.3, -0.25) is 4.79 Å². The summed E-state index contributed by atoms with van der Waals surface area (Å²) in [4.78, 5) is 13.6. The van der Waals surface area contributed by atoms with Gasteiger partial charge in [0.1, 0.15) is 0 Å². The van der Waals surface area contributed by atoms with E-state index in [0.29, 0.717) is 9.34 Å². The molecule has 2 saturated carbocycles. The van der Waals surface area contributed by atoms with E-state index < -0.39 is 0 Å². The van der Waals surface area contributed by atoms with Crippen LogP contribution in [0.1, 0.15) is 78.2 Å². The second-order valence-electron chi connectivity index (χ2n) is 11.1. The third-order valence-corrected chi connectivity index (χ3v) is 9.41. The lowest BCUT2D eigenvalue weighted by Gasteiger charge is -2.58. The number of hydrogen-bond acceptors (Lipinski definition) is 1. The zero-order chi connectivity index (χ0) is 21.6. The van der Waals surface area contributed by atoms with Gasteiger partial charge >= 0.3 is 0 Å². The van der Waals surface area contributed by atoms with Gasteiger partial charge < -0.3 is 5.32 Å². The number of nitrogens with one attached hydrogen (secondary N) is 1. The van der Waals surface area contributed by atoms with Gasteiger partial charge in [-0.1, -0.05) is 91.8 Å². The van der Waals surface area contributed by atoms with E-state index in [0.717, 1.165) is 25.2 Å². The van der Waals surface area contributed by atoms with Crippen LogP contribution in [0.3, 0.4) is 0 Å². The average Bonchev–Trinajstić information content (AvgIpc) is 2.67. The molecule has 2 nitrogen and oxygen atoms in total. The van der Waals surface area contributed by atoms with E-state index >= 15 is 0 Å². The third-order valence-electron chi connectivity index (χ3n) is 8.53. The molecule has 1 N–H and O–H groups in total. The summed E-state index contributed by atoms with van der Waals surface area (Å²) in [7, 11) is 0. The lowest BCUT2D eigenvalue weighted by molar-refractivity contribution is -0.142. The Bertz CT molecular complexity index is 815. The van der Waals surface area contributed by atoms with Gasteiger partial charge in [0.15, 0.2) is 0 Å². The van der Waals surface area contributed by atoms with Crippen LogP contribution in [-0.4, -0.2) is 15.4 Å². The minimum atomic E-state index is -0.255. The van der Waals surface area contributed by atoms with Crippen molar-refractivity contribution in [1.82, 2.24) is 5.32 Å². The maximum Gasteiger partial charge on any atom is 0.226 e. The molecule has 1 amide bonds. The van der Waals surface area contributed by atoms with Crippen LogP contribution in [0.2, 0.25) is 0 Å². The highest BCUT2D eigenvalue weighted by Gasteiger charge is 2.57. The summed E-state index contributed by atoms with van der Waals surface area (Å²) in [5.74, 6) is 1.48. The normalized spacial score (nSPS) is 39.3. The van der Waals surface area contributed by atoms with Gasteiger partial charge in [0, 0.05) is 9.46 Å². The molecule has 3 aliphatic carbocycles. The molecule has 6 atom stereocenters. The Balaban J connectivity index is 1.52. The zero-order valence-corrected chi connectivity index (χ0v) is 21.3. The summed E-state index contributed by atoms with van der Waals surface area (Å²) in [5.41, 5.74) is 2.93. The second-order valence-corrected chi connectivity index (χ2v) is 13.7. The van der Waals surface area contributed by atoms with Crippen molar-refractivity contribution >= 4 is 28.5 Å². The number of hydrogen-bond donors (Lipinski definition) is 1. The van der Waals surface area contributed by atoms with Crippen molar-refractivity contribution in [1.29, 1.82) is 0 Å². The van der Waals surface area contributed by atoms with E-state index in [1.54, 1.807) is 5.57 Å². The smallest absolute Gasteiger partial charge is 0.226 e. The number of carbonyl (C=O) groups excluding carboxylic acids is 1. The Morgan fingerprint density at radius 3 is 2.63 bits per heavy atom. The topological polar surface area (TPSA) is 29.1 Å². The van der Waals surface area contributed by atoms with Crippen LogP contribution in [0.25, 0.3) is 0 Å². The van der Waals surface area contributed by atoms with Crippen LogP contribution in [0.5, 0.6) is 0 Å². The SMILES string of the molecule is C[C@H](Cc1ccccc1)NC(=O)[C@]1(C)CCC[C@@]2(C)C3=CC[C@](C)(I)CC3CCC12. The van der Waals surface area contributed by atoms with Gasteiger partial charge in [0.2, 0.25) is 5.91 Å². The fourth-order valence-corrected chi connectivity index (χ4v) is 7.81. The van der Waals surface area contributed by atoms with Crippen LogP contribution in [0.15, 0.2) is 42.0 Å². The number of carbonyl (C=O) groups is 1. The molecule has 0 spiro atoms. The van der Waals surface area contributed by atoms with Crippen molar-refractivity contribution in [3.05, 3.63) is 47.5 Å². The number of amides is 1. The first-order chi connectivity index (χ1) is 14.1. The van der Waals surface area contributed by atoms with Crippen LogP contribution >= 0.6 is 22.6 Å². The number of halogens is 1. The molecule has 0 aliphatic heterocycles. The lowest BCUT2D eigenvalue weighted by Crippen LogP contribution is -2.56. The van der Waals surface area contributed by atoms with E-state index in [1.165, 1.54) is 37.7 Å². The fourth-order valence-electron chi connectivity index (χ4n) is 7.06. The van der Waals surface area contributed by atoms with E-state index in [9.17, 15) is 4.79 Å². The molecule has 4 rings (SSSR count). The number of rotatable bonds is 4. The molecular formula is C27H38INO. The Morgan fingerprint density at radius 2 is 1.90 bits per heavy atom. The predicted octanol–water partition coefficient (Wildman–Crippen LogP) is 6.87.